The van der Waals surface area contributed by atoms with Gasteiger partial charge in [0.25, 0.3) is 0 Å². The van der Waals surface area contributed by atoms with Crippen LogP contribution in [0.15, 0.2) is 0 Å². The van der Waals surface area contributed by atoms with Gasteiger partial charge in [0, 0.05) is 12.1 Å². The highest BCUT2D eigenvalue weighted by molar-refractivity contribution is 5.83. The van der Waals surface area contributed by atoms with Gasteiger partial charge in [-0.1, -0.05) is 12.8 Å². The maximum Gasteiger partial charge on any atom is 0.237 e. The van der Waals surface area contributed by atoms with Crippen LogP contribution < -0.4 is 10.6 Å². The van der Waals surface area contributed by atoms with Crippen LogP contribution in [0, 0.1) is 5.92 Å². The van der Waals surface area contributed by atoms with Crippen molar-refractivity contribution in [2.24, 2.45) is 5.92 Å². The first-order valence-corrected chi connectivity index (χ1v) is 5.12. The van der Waals surface area contributed by atoms with Gasteiger partial charge in [0.15, 0.2) is 0 Å². The van der Waals surface area contributed by atoms with Crippen LogP contribution in [0.5, 0.6) is 0 Å². The molecule has 1 saturated heterocycles. The highest BCUT2D eigenvalue weighted by Gasteiger charge is 2.35. The van der Waals surface area contributed by atoms with Crippen molar-refractivity contribution in [3.8, 4) is 0 Å². The van der Waals surface area contributed by atoms with Gasteiger partial charge < -0.3 is 10.6 Å². The van der Waals surface area contributed by atoms with Crippen LogP contribution in [0.3, 0.4) is 0 Å². The van der Waals surface area contributed by atoms with Gasteiger partial charge in [0.1, 0.15) is 0 Å². The molecule has 2 rings (SSSR count). The Morgan fingerprint density at radius 3 is 2.69 bits per heavy atom. The molecule has 0 aromatic rings. The highest BCUT2D eigenvalue weighted by Crippen LogP contribution is 2.34. The van der Waals surface area contributed by atoms with E-state index in [2.05, 4.69) is 10.6 Å². The molecule has 1 amide bonds. The van der Waals surface area contributed by atoms with Gasteiger partial charge in [-0.3, -0.25) is 4.79 Å². The Bertz CT molecular complexity index is 221. The SMILES string of the molecule is CC1(C)CNC(CC2CC2)C(=O)N1. The molecule has 13 heavy (non-hydrogen) atoms. The predicted molar refractivity (Wildman–Crippen MR) is 51.4 cm³/mol. The molecule has 0 aromatic carbocycles. The van der Waals surface area contributed by atoms with E-state index in [1.807, 2.05) is 13.8 Å². The summed E-state index contributed by atoms with van der Waals surface area (Å²) in [7, 11) is 0. The Hall–Kier alpha value is -0.570. The summed E-state index contributed by atoms with van der Waals surface area (Å²) in [5.41, 5.74) is -0.0723. The monoisotopic (exact) mass is 182 g/mol. The third-order valence-corrected chi connectivity index (χ3v) is 2.83. The lowest BCUT2D eigenvalue weighted by Gasteiger charge is -2.36. The standard InChI is InChI=1S/C10H18N2O/c1-10(2)6-11-8(9(13)12-10)5-7-3-4-7/h7-8,11H,3-6H2,1-2H3,(H,12,13). The lowest BCUT2D eigenvalue weighted by Crippen LogP contribution is -2.63. The van der Waals surface area contributed by atoms with E-state index in [4.69, 9.17) is 0 Å². The molecule has 3 nitrogen and oxygen atoms in total. The summed E-state index contributed by atoms with van der Waals surface area (Å²) in [6.45, 7) is 4.98. The first-order chi connectivity index (χ1) is 6.07. The molecule has 1 heterocycles. The Kier molecular flexibility index (Phi) is 2.06. The number of rotatable bonds is 2. The topological polar surface area (TPSA) is 41.1 Å². The smallest absolute Gasteiger partial charge is 0.237 e. The van der Waals surface area contributed by atoms with Crippen LogP contribution >= 0.6 is 0 Å². The second-order valence-corrected chi connectivity index (χ2v) is 4.99. The van der Waals surface area contributed by atoms with Crippen LogP contribution in [-0.2, 0) is 4.79 Å². The average Bonchev–Trinajstić information content (AvgIpc) is 2.77. The quantitative estimate of drug-likeness (QED) is 0.658. The lowest BCUT2D eigenvalue weighted by atomic mass is 9.98. The minimum absolute atomic E-state index is 0.0699. The van der Waals surface area contributed by atoms with Crippen molar-refractivity contribution < 1.29 is 4.79 Å². The average molecular weight is 182 g/mol. The van der Waals surface area contributed by atoms with Crippen LogP contribution in [0.1, 0.15) is 33.1 Å². The minimum Gasteiger partial charge on any atom is -0.349 e. The molecule has 74 valence electrons. The number of hydrogen-bond acceptors (Lipinski definition) is 2. The summed E-state index contributed by atoms with van der Waals surface area (Å²) in [4.78, 5) is 11.6. The molecule has 1 atom stereocenters. The molecule has 2 fully saturated rings. The second kappa shape index (κ2) is 2.98. The van der Waals surface area contributed by atoms with Crippen LogP contribution in [0.4, 0.5) is 0 Å². The van der Waals surface area contributed by atoms with Crippen molar-refractivity contribution in [3.63, 3.8) is 0 Å². The molecule has 1 aliphatic heterocycles. The van der Waals surface area contributed by atoms with E-state index in [0.717, 1.165) is 18.9 Å². The van der Waals surface area contributed by atoms with E-state index in [0.29, 0.717) is 0 Å². The Morgan fingerprint density at radius 1 is 1.46 bits per heavy atom. The van der Waals surface area contributed by atoms with Gasteiger partial charge in [-0.2, -0.15) is 0 Å². The van der Waals surface area contributed by atoms with Gasteiger partial charge in [-0.15, -0.1) is 0 Å². The van der Waals surface area contributed by atoms with E-state index in [9.17, 15) is 4.79 Å². The zero-order valence-corrected chi connectivity index (χ0v) is 8.39. The molecule has 0 spiro atoms. The van der Waals surface area contributed by atoms with Gasteiger partial charge >= 0.3 is 0 Å². The second-order valence-electron chi connectivity index (χ2n) is 4.99. The van der Waals surface area contributed by atoms with Crippen molar-refractivity contribution in [1.29, 1.82) is 0 Å². The van der Waals surface area contributed by atoms with Crippen molar-refractivity contribution in [3.05, 3.63) is 0 Å². The molecule has 3 heteroatoms. The van der Waals surface area contributed by atoms with E-state index in [-0.39, 0.29) is 17.5 Å². The Morgan fingerprint density at radius 2 is 2.15 bits per heavy atom. The molecule has 0 aromatic heterocycles. The minimum atomic E-state index is -0.0723. The molecule has 0 bridgehead atoms. The molecular formula is C10H18N2O. The van der Waals surface area contributed by atoms with Crippen LogP contribution in [-0.4, -0.2) is 24.0 Å². The van der Waals surface area contributed by atoms with Gasteiger partial charge in [-0.25, -0.2) is 0 Å². The first-order valence-electron chi connectivity index (χ1n) is 5.12. The fourth-order valence-corrected chi connectivity index (χ4v) is 1.81. The van der Waals surface area contributed by atoms with Crippen LogP contribution in [0.25, 0.3) is 0 Å². The van der Waals surface area contributed by atoms with Crippen LogP contribution in [0.2, 0.25) is 0 Å². The highest BCUT2D eigenvalue weighted by atomic mass is 16.2. The summed E-state index contributed by atoms with van der Waals surface area (Å²) < 4.78 is 0. The fraction of sp³-hybridized carbons (Fsp3) is 0.900. The summed E-state index contributed by atoms with van der Waals surface area (Å²) in [6, 6.07) is 0.0699. The molecule has 0 radical (unpaired) electrons. The van der Waals surface area contributed by atoms with Gasteiger partial charge in [0.2, 0.25) is 5.91 Å². The van der Waals surface area contributed by atoms with Crippen molar-refractivity contribution >= 4 is 5.91 Å². The predicted octanol–water partition coefficient (Wildman–Crippen LogP) is 0.653. The third kappa shape index (κ3) is 2.21. The summed E-state index contributed by atoms with van der Waals surface area (Å²) >= 11 is 0. The molecular weight excluding hydrogens is 164 g/mol. The molecule has 1 aliphatic carbocycles. The van der Waals surface area contributed by atoms with E-state index < -0.39 is 0 Å². The zero-order chi connectivity index (χ0) is 9.47. The zero-order valence-electron chi connectivity index (χ0n) is 8.39. The fourth-order valence-electron chi connectivity index (χ4n) is 1.81. The molecule has 2 aliphatic rings. The molecule has 1 unspecified atom stereocenters. The van der Waals surface area contributed by atoms with E-state index in [1.165, 1.54) is 12.8 Å². The van der Waals surface area contributed by atoms with Crippen molar-refractivity contribution in [2.45, 2.75) is 44.7 Å². The van der Waals surface area contributed by atoms with E-state index >= 15 is 0 Å². The van der Waals surface area contributed by atoms with Gasteiger partial charge in [-0.05, 0) is 26.2 Å². The third-order valence-electron chi connectivity index (χ3n) is 2.83. The normalized spacial score (nSPS) is 32.8. The number of nitrogens with one attached hydrogen (secondary N) is 2. The Labute approximate surface area is 79.3 Å². The number of piperazine rings is 1. The first kappa shape index (κ1) is 9.00. The summed E-state index contributed by atoms with van der Waals surface area (Å²) in [5, 5.41) is 6.36. The summed E-state index contributed by atoms with van der Waals surface area (Å²) in [5.74, 6) is 0.993. The molecule has 1 saturated carbocycles. The number of carbonyl (C=O) groups excluding carboxylic acids is 1. The number of hydrogen-bond donors (Lipinski definition) is 2. The number of carbonyl (C=O) groups is 1. The lowest BCUT2D eigenvalue weighted by molar-refractivity contribution is -0.127. The Balaban J connectivity index is 1.89. The maximum atomic E-state index is 11.6. The number of amides is 1. The maximum absolute atomic E-state index is 11.6. The van der Waals surface area contributed by atoms with Crippen molar-refractivity contribution in [1.82, 2.24) is 10.6 Å². The van der Waals surface area contributed by atoms with Crippen molar-refractivity contribution in [2.75, 3.05) is 6.54 Å². The largest absolute Gasteiger partial charge is 0.349 e. The van der Waals surface area contributed by atoms with Gasteiger partial charge in [0.05, 0.1) is 6.04 Å². The summed E-state index contributed by atoms with van der Waals surface area (Å²) in [6.07, 6.45) is 3.66. The molecule has 2 N–H and O–H groups in total. The van der Waals surface area contributed by atoms with E-state index in [1.54, 1.807) is 0 Å².